The normalized spacial score (nSPS) is 14.1. The molecule has 20 heavy (non-hydrogen) atoms. The van der Waals surface area contributed by atoms with Crippen LogP contribution in [0.4, 0.5) is 0 Å². The third-order valence-corrected chi connectivity index (χ3v) is 2.84. The quantitative estimate of drug-likeness (QED) is 0.713. The van der Waals surface area contributed by atoms with Gasteiger partial charge >= 0.3 is 0 Å². The Bertz CT molecular complexity index is 397. The van der Waals surface area contributed by atoms with Crippen molar-refractivity contribution in [3.8, 4) is 5.75 Å². The van der Waals surface area contributed by atoms with Crippen LogP contribution in [0.15, 0.2) is 18.2 Å². The zero-order chi connectivity index (χ0) is 15.0. The topological polar surface area (TPSA) is 73.9 Å². The Morgan fingerprint density at radius 3 is 2.65 bits per heavy atom. The number of aliphatic hydroxyl groups is 1. The summed E-state index contributed by atoms with van der Waals surface area (Å²) < 4.78 is 16.0. The minimum Gasteiger partial charge on any atom is -0.490 e. The van der Waals surface area contributed by atoms with E-state index in [2.05, 4.69) is 0 Å². The van der Waals surface area contributed by atoms with E-state index in [0.29, 0.717) is 18.9 Å². The number of methoxy groups -OCH3 is 1. The monoisotopic (exact) mass is 283 g/mol. The molecular weight excluding hydrogens is 258 g/mol. The number of aryl methyl sites for hydroxylation is 1. The van der Waals surface area contributed by atoms with E-state index in [4.69, 9.17) is 19.9 Å². The van der Waals surface area contributed by atoms with Gasteiger partial charge in [-0.1, -0.05) is 17.7 Å². The zero-order valence-electron chi connectivity index (χ0n) is 12.5. The standard InChI is InChI=1S/C15H25NO4/c1-11-4-5-15(13(6-11)7-16)20-10-14(17)9-19-12(2)8-18-3/h4-6,12,14,17H,7-10,16H2,1-3H3. The van der Waals surface area contributed by atoms with Gasteiger partial charge in [-0.25, -0.2) is 0 Å². The molecule has 0 aliphatic heterocycles. The van der Waals surface area contributed by atoms with Crippen LogP contribution in [-0.2, 0) is 16.0 Å². The Morgan fingerprint density at radius 2 is 2.00 bits per heavy atom. The van der Waals surface area contributed by atoms with Crippen LogP contribution in [0.1, 0.15) is 18.1 Å². The number of hydrogen-bond donors (Lipinski definition) is 2. The van der Waals surface area contributed by atoms with E-state index < -0.39 is 6.10 Å². The van der Waals surface area contributed by atoms with Crippen LogP contribution in [0.3, 0.4) is 0 Å². The molecule has 0 saturated carbocycles. The van der Waals surface area contributed by atoms with Gasteiger partial charge in [0, 0.05) is 19.2 Å². The van der Waals surface area contributed by atoms with E-state index in [1.54, 1.807) is 7.11 Å². The predicted octanol–water partition coefficient (Wildman–Crippen LogP) is 1.24. The molecular formula is C15H25NO4. The summed E-state index contributed by atoms with van der Waals surface area (Å²) in [6.45, 7) is 5.20. The van der Waals surface area contributed by atoms with Gasteiger partial charge in [0.15, 0.2) is 0 Å². The minimum absolute atomic E-state index is 0.0476. The van der Waals surface area contributed by atoms with Gasteiger partial charge in [-0.05, 0) is 19.9 Å². The number of hydrogen-bond acceptors (Lipinski definition) is 5. The second kappa shape index (κ2) is 8.92. The second-order valence-electron chi connectivity index (χ2n) is 4.88. The van der Waals surface area contributed by atoms with Crippen molar-refractivity contribution in [2.24, 2.45) is 5.73 Å². The van der Waals surface area contributed by atoms with Crippen LogP contribution in [0.2, 0.25) is 0 Å². The number of nitrogens with two attached hydrogens (primary N) is 1. The molecule has 0 amide bonds. The molecule has 0 aliphatic rings. The summed E-state index contributed by atoms with van der Waals surface area (Å²) in [5.74, 6) is 0.710. The van der Waals surface area contributed by atoms with Crippen molar-refractivity contribution in [2.75, 3.05) is 26.9 Å². The molecule has 0 bridgehead atoms. The molecule has 1 rings (SSSR count). The highest BCUT2D eigenvalue weighted by Gasteiger charge is 2.10. The van der Waals surface area contributed by atoms with Crippen LogP contribution < -0.4 is 10.5 Å². The van der Waals surface area contributed by atoms with Gasteiger partial charge < -0.3 is 25.1 Å². The second-order valence-corrected chi connectivity index (χ2v) is 4.88. The lowest BCUT2D eigenvalue weighted by molar-refractivity contribution is -0.0423. The molecule has 5 heteroatoms. The van der Waals surface area contributed by atoms with Crippen LogP contribution in [0, 0.1) is 6.92 Å². The number of ether oxygens (including phenoxy) is 3. The number of aliphatic hydroxyl groups excluding tert-OH is 1. The summed E-state index contributed by atoms with van der Waals surface area (Å²) in [5.41, 5.74) is 7.75. The van der Waals surface area contributed by atoms with Crippen LogP contribution in [0.5, 0.6) is 5.75 Å². The van der Waals surface area contributed by atoms with Gasteiger partial charge in [-0.3, -0.25) is 0 Å². The van der Waals surface area contributed by atoms with E-state index in [1.807, 2.05) is 32.0 Å². The maximum absolute atomic E-state index is 9.82. The lowest BCUT2D eigenvalue weighted by Crippen LogP contribution is -2.27. The maximum atomic E-state index is 9.82. The van der Waals surface area contributed by atoms with Crippen molar-refractivity contribution < 1.29 is 19.3 Å². The number of rotatable bonds is 9. The summed E-state index contributed by atoms with van der Waals surface area (Å²) in [6.07, 6.45) is -0.727. The molecule has 0 aliphatic carbocycles. The Morgan fingerprint density at radius 1 is 1.25 bits per heavy atom. The lowest BCUT2D eigenvalue weighted by Gasteiger charge is -2.17. The maximum Gasteiger partial charge on any atom is 0.123 e. The fourth-order valence-electron chi connectivity index (χ4n) is 1.80. The first kappa shape index (κ1) is 16.9. The first-order valence-electron chi connectivity index (χ1n) is 6.77. The SMILES string of the molecule is COCC(C)OCC(O)COc1ccc(C)cc1CN. The molecule has 0 aromatic heterocycles. The Balaban J connectivity index is 2.39. The summed E-state index contributed by atoms with van der Waals surface area (Å²) in [7, 11) is 1.62. The number of benzene rings is 1. The molecule has 1 aromatic rings. The van der Waals surface area contributed by atoms with Gasteiger partial charge in [0.1, 0.15) is 18.5 Å². The van der Waals surface area contributed by atoms with Gasteiger partial charge in [0.05, 0.1) is 19.3 Å². The highest BCUT2D eigenvalue weighted by atomic mass is 16.5. The van der Waals surface area contributed by atoms with Crippen molar-refractivity contribution >= 4 is 0 Å². The van der Waals surface area contributed by atoms with E-state index in [1.165, 1.54) is 0 Å². The summed E-state index contributed by atoms with van der Waals surface area (Å²) in [5, 5.41) is 9.82. The van der Waals surface area contributed by atoms with E-state index >= 15 is 0 Å². The van der Waals surface area contributed by atoms with Crippen LogP contribution in [0.25, 0.3) is 0 Å². The smallest absolute Gasteiger partial charge is 0.123 e. The van der Waals surface area contributed by atoms with Crippen molar-refractivity contribution in [1.82, 2.24) is 0 Å². The van der Waals surface area contributed by atoms with Crippen molar-refractivity contribution in [1.29, 1.82) is 0 Å². The van der Waals surface area contributed by atoms with E-state index in [9.17, 15) is 5.11 Å². The minimum atomic E-state index is -0.679. The Labute approximate surface area is 120 Å². The Hall–Kier alpha value is -1.14. The molecule has 2 unspecified atom stereocenters. The molecule has 0 saturated heterocycles. The van der Waals surface area contributed by atoms with Crippen LogP contribution in [-0.4, -0.2) is 44.2 Å². The molecule has 1 aromatic carbocycles. The van der Waals surface area contributed by atoms with E-state index in [-0.39, 0.29) is 19.3 Å². The summed E-state index contributed by atoms with van der Waals surface area (Å²) in [4.78, 5) is 0. The average Bonchev–Trinajstić information content (AvgIpc) is 2.44. The van der Waals surface area contributed by atoms with E-state index in [0.717, 1.165) is 11.1 Å². The summed E-state index contributed by atoms with van der Waals surface area (Å²) in [6, 6.07) is 5.82. The van der Waals surface area contributed by atoms with Crippen molar-refractivity contribution in [3.05, 3.63) is 29.3 Å². The fourth-order valence-corrected chi connectivity index (χ4v) is 1.80. The van der Waals surface area contributed by atoms with Gasteiger partial charge in [-0.2, -0.15) is 0 Å². The third-order valence-electron chi connectivity index (χ3n) is 2.84. The fraction of sp³-hybridized carbons (Fsp3) is 0.600. The highest BCUT2D eigenvalue weighted by molar-refractivity contribution is 5.36. The molecule has 0 heterocycles. The molecule has 0 fully saturated rings. The van der Waals surface area contributed by atoms with Crippen LogP contribution >= 0.6 is 0 Å². The largest absolute Gasteiger partial charge is 0.490 e. The lowest BCUT2D eigenvalue weighted by atomic mass is 10.1. The average molecular weight is 283 g/mol. The molecule has 0 spiro atoms. The molecule has 114 valence electrons. The first-order chi connectivity index (χ1) is 9.56. The molecule has 0 radical (unpaired) electrons. The highest BCUT2D eigenvalue weighted by Crippen LogP contribution is 2.19. The third kappa shape index (κ3) is 5.88. The molecule has 5 nitrogen and oxygen atoms in total. The van der Waals surface area contributed by atoms with Crippen molar-refractivity contribution in [3.63, 3.8) is 0 Å². The molecule has 2 atom stereocenters. The summed E-state index contributed by atoms with van der Waals surface area (Å²) >= 11 is 0. The zero-order valence-corrected chi connectivity index (χ0v) is 12.5. The first-order valence-corrected chi connectivity index (χ1v) is 6.77. The Kier molecular flexibility index (Phi) is 7.54. The molecule has 3 N–H and O–H groups in total. The van der Waals surface area contributed by atoms with Gasteiger partial charge in [0.2, 0.25) is 0 Å². The van der Waals surface area contributed by atoms with Gasteiger partial charge in [0.25, 0.3) is 0 Å². The predicted molar refractivity (Wildman–Crippen MR) is 77.9 cm³/mol. The van der Waals surface area contributed by atoms with Crippen molar-refractivity contribution in [2.45, 2.75) is 32.6 Å². The van der Waals surface area contributed by atoms with Gasteiger partial charge in [-0.15, -0.1) is 0 Å².